The number of H-pyrrole nitrogens is 1. The van der Waals surface area contributed by atoms with Crippen molar-refractivity contribution < 1.29 is 33.3 Å². The molecule has 2 aromatic carbocycles. The quantitative estimate of drug-likeness (QED) is 0.351. The van der Waals surface area contributed by atoms with E-state index >= 15 is 0 Å². The molecule has 4 aromatic rings. The Morgan fingerprint density at radius 2 is 1.81 bits per heavy atom. The summed E-state index contributed by atoms with van der Waals surface area (Å²) in [5.74, 6) is -0.473. The molecule has 0 bridgehead atoms. The highest BCUT2D eigenvalue weighted by molar-refractivity contribution is 6.36. The molecule has 0 saturated heterocycles. The first-order valence-electron chi connectivity index (χ1n) is 13.0. The number of hydrogen-bond donors (Lipinski definition) is 1. The Morgan fingerprint density at radius 3 is 2.57 bits per heavy atom. The summed E-state index contributed by atoms with van der Waals surface area (Å²) in [4.78, 5) is 61.0. The van der Waals surface area contributed by atoms with Crippen molar-refractivity contribution in [1.82, 2.24) is 14.5 Å². The van der Waals surface area contributed by atoms with E-state index in [2.05, 4.69) is 9.97 Å². The second-order valence-corrected chi connectivity index (χ2v) is 10.7. The number of aromatic nitrogens is 3. The molecular formula is C29H22ClN3O9. The molecule has 2 aromatic heterocycles. The van der Waals surface area contributed by atoms with Gasteiger partial charge < -0.3 is 23.7 Å². The van der Waals surface area contributed by atoms with E-state index in [0.717, 1.165) is 0 Å². The van der Waals surface area contributed by atoms with Gasteiger partial charge in [-0.05, 0) is 30.2 Å². The minimum atomic E-state index is -1.96. The molecule has 1 aliphatic carbocycles. The fraction of sp³-hybridized carbons (Fsp3) is 0.276. The number of nitrogens with one attached hydrogen (secondary N) is 1. The fourth-order valence-electron chi connectivity index (χ4n) is 5.90. The number of methoxy groups -OCH3 is 2. The zero-order valence-corrected chi connectivity index (χ0v) is 23.3. The molecule has 1 spiro atoms. The molecule has 12 nitrogen and oxygen atoms in total. The maximum Gasteiger partial charge on any atom is 0.330 e. The Balaban J connectivity index is 1.36. The second-order valence-electron chi connectivity index (χ2n) is 10.3. The molecule has 214 valence electrons. The Hall–Kier alpha value is -4.84. The van der Waals surface area contributed by atoms with Gasteiger partial charge in [-0.25, -0.2) is 9.78 Å². The first-order chi connectivity index (χ1) is 20.2. The third-order valence-electron chi connectivity index (χ3n) is 8.02. The number of carbonyl (C=O) groups is 2. The van der Waals surface area contributed by atoms with E-state index in [0.29, 0.717) is 22.8 Å². The van der Waals surface area contributed by atoms with E-state index in [1.54, 1.807) is 25.1 Å². The summed E-state index contributed by atoms with van der Waals surface area (Å²) < 4.78 is 29.0. The highest BCUT2D eigenvalue weighted by Gasteiger charge is 2.62. The Labute approximate surface area is 241 Å². The number of nitrogens with zero attached hydrogens (tertiary/aromatic N) is 2. The van der Waals surface area contributed by atoms with E-state index < -0.39 is 34.3 Å². The normalized spacial score (nSPS) is 20.0. The van der Waals surface area contributed by atoms with Crippen LogP contribution < -0.4 is 34.9 Å². The molecule has 3 aliphatic rings. The lowest BCUT2D eigenvalue weighted by atomic mass is 9.71. The number of ketones is 2. The maximum absolute atomic E-state index is 14.2. The molecule has 2 atom stereocenters. The van der Waals surface area contributed by atoms with Crippen molar-refractivity contribution in [1.29, 1.82) is 0 Å². The van der Waals surface area contributed by atoms with Gasteiger partial charge >= 0.3 is 5.69 Å². The largest absolute Gasteiger partial charge is 0.496 e. The molecule has 0 fully saturated rings. The van der Waals surface area contributed by atoms with Crippen molar-refractivity contribution in [2.45, 2.75) is 25.5 Å². The third-order valence-corrected chi connectivity index (χ3v) is 8.38. The number of rotatable bonds is 4. The first-order valence-corrected chi connectivity index (χ1v) is 13.3. The van der Waals surface area contributed by atoms with Gasteiger partial charge in [0.25, 0.3) is 5.56 Å². The van der Waals surface area contributed by atoms with Crippen LogP contribution in [-0.4, -0.2) is 52.7 Å². The zero-order valence-electron chi connectivity index (χ0n) is 22.5. The molecule has 0 amide bonds. The van der Waals surface area contributed by atoms with Crippen molar-refractivity contribution in [3.63, 3.8) is 0 Å². The predicted molar refractivity (Wildman–Crippen MR) is 148 cm³/mol. The van der Waals surface area contributed by atoms with Crippen LogP contribution in [0.3, 0.4) is 0 Å². The van der Waals surface area contributed by atoms with Crippen LogP contribution in [0.1, 0.15) is 38.9 Å². The number of pyridine rings is 1. The summed E-state index contributed by atoms with van der Waals surface area (Å²) in [7, 11) is 2.79. The summed E-state index contributed by atoms with van der Waals surface area (Å²) in [6, 6.07) is 8.08. The number of ether oxygens (including phenoxy) is 5. The number of fused-ring (bicyclic) bond motifs is 4. The molecule has 1 N–H and O–H groups in total. The fourth-order valence-corrected chi connectivity index (χ4v) is 6.16. The van der Waals surface area contributed by atoms with Crippen LogP contribution in [0.4, 0.5) is 0 Å². The molecule has 7 rings (SSSR count). The number of halogens is 1. The number of carbonyl (C=O) groups excluding carboxylic acids is 2. The lowest BCUT2D eigenvalue weighted by molar-refractivity contribution is 0.0257. The zero-order chi connectivity index (χ0) is 29.5. The van der Waals surface area contributed by atoms with Gasteiger partial charge in [0.15, 0.2) is 17.2 Å². The number of benzene rings is 2. The lowest BCUT2D eigenvalue weighted by Gasteiger charge is -2.36. The van der Waals surface area contributed by atoms with Gasteiger partial charge in [0.2, 0.25) is 24.0 Å². The van der Waals surface area contributed by atoms with E-state index in [9.17, 15) is 19.2 Å². The molecule has 13 heteroatoms. The SMILES string of the molecule is COc1cc(OC)c2c(c1Cl)OC1(C(=O)c3cc4c(=O)[nH]c(=O)n(Cc5ccc6c(c5)OCO6)c4nc3CC1C)C2=O. The number of hydrogen-bond acceptors (Lipinski definition) is 10. The smallest absolute Gasteiger partial charge is 0.330 e. The second kappa shape index (κ2) is 9.08. The van der Waals surface area contributed by atoms with Gasteiger partial charge in [-0.15, -0.1) is 0 Å². The van der Waals surface area contributed by atoms with E-state index in [1.165, 1.54) is 30.9 Å². The summed E-state index contributed by atoms with van der Waals surface area (Å²) in [5.41, 5.74) is -2.11. The monoisotopic (exact) mass is 591 g/mol. The third kappa shape index (κ3) is 3.44. The van der Waals surface area contributed by atoms with E-state index in [1.807, 2.05) is 0 Å². The highest BCUT2D eigenvalue weighted by atomic mass is 35.5. The number of aromatic amines is 1. The minimum absolute atomic E-state index is 0.00684. The van der Waals surface area contributed by atoms with Gasteiger partial charge in [0.1, 0.15) is 27.7 Å². The van der Waals surface area contributed by atoms with Crippen LogP contribution in [0.5, 0.6) is 28.7 Å². The van der Waals surface area contributed by atoms with Crippen molar-refractivity contribution in [3.05, 3.63) is 78.6 Å². The standard InChI is InChI=1S/C29H22ClN3O9/c1-12-6-16-14(24(34)29(12)25(35)21-19(38-2)9-20(39-3)22(30)23(21)42-29)8-15-26(31-16)33(28(37)32-27(15)36)10-13-4-5-17-18(7-13)41-11-40-17/h4-5,7-9,12H,6,10-11H2,1-3H3,(H,32,36,37). The average molecular weight is 592 g/mol. The van der Waals surface area contributed by atoms with Gasteiger partial charge in [-0.3, -0.25) is 23.9 Å². The molecule has 42 heavy (non-hydrogen) atoms. The maximum atomic E-state index is 14.2. The van der Waals surface area contributed by atoms with Crippen molar-refractivity contribution in [3.8, 4) is 28.7 Å². The minimum Gasteiger partial charge on any atom is -0.496 e. The van der Waals surface area contributed by atoms with Crippen molar-refractivity contribution >= 4 is 34.2 Å². The molecule has 0 radical (unpaired) electrons. The first kappa shape index (κ1) is 26.1. The summed E-state index contributed by atoms with van der Waals surface area (Å²) >= 11 is 6.50. The molecule has 4 heterocycles. The van der Waals surface area contributed by atoms with E-state index in [4.69, 9.17) is 35.3 Å². The van der Waals surface area contributed by atoms with Crippen LogP contribution in [0.15, 0.2) is 39.9 Å². The summed E-state index contributed by atoms with van der Waals surface area (Å²) in [6.07, 6.45) is 0.138. The summed E-state index contributed by atoms with van der Waals surface area (Å²) in [6.45, 7) is 1.87. The van der Waals surface area contributed by atoms with Gasteiger partial charge in [0, 0.05) is 17.5 Å². The Bertz CT molecular complexity index is 2000. The Morgan fingerprint density at radius 1 is 1.05 bits per heavy atom. The number of Topliss-reactive ketones (excluding diaryl/α,β-unsaturated/α-hetero) is 2. The van der Waals surface area contributed by atoms with Crippen LogP contribution in [0, 0.1) is 5.92 Å². The lowest BCUT2D eigenvalue weighted by Crippen LogP contribution is -2.57. The van der Waals surface area contributed by atoms with Crippen LogP contribution in [0.25, 0.3) is 11.0 Å². The van der Waals surface area contributed by atoms with Crippen molar-refractivity contribution in [2.24, 2.45) is 5.92 Å². The topological polar surface area (TPSA) is 148 Å². The van der Waals surface area contributed by atoms with Crippen molar-refractivity contribution in [2.75, 3.05) is 21.0 Å². The molecule has 0 saturated carbocycles. The van der Waals surface area contributed by atoms with Gasteiger partial charge in [0.05, 0.1) is 31.8 Å². The van der Waals surface area contributed by atoms with Gasteiger partial charge in [-0.1, -0.05) is 24.6 Å². The molecular weight excluding hydrogens is 570 g/mol. The Kier molecular flexibility index (Phi) is 5.64. The summed E-state index contributed by atoms with van der Waals surface area (Å²) in [5, 5.41) is 0.0392. The van der Waals surface area contributed by atoms with Crippen LogP contribution in [-0.2, 0) is 13.0 Å². The highest BCUT2D eigenvalue weighted by Crippen LogP contribution is 2.53. The van der Waals surface area contributed by atoms with E-state index in [-0.39, 0.29) is 64.2 Å². The van der Waals surface area contributed by atoms with Crippen LogP contribution >= 0.6 is 11.6 Å². The average Bonchev–Trinajstić information content (AvgIpc) is 3.57. The molecule has 2 aliphatic heterocycles. The molecule has 2 unspecified atom stereocenters. The predicted octanol–water partition coefficient (Wildman–Crippen LogP) is 2.92. The van der Waals surface area contributed by atoms with Crippen LogP contribution in [0.2, 0.25) is 5.02 Å². The van der Waals surface area contributed by atoms with Gasteiger partial charge in [-0.2, -0.15) is 0 Å².